The van der Waals surface area contributed by atoms with Crippen LogP contribution in [0.3, 0.4) is 0 Å². The van der Waals surface area contributed by atoms with E-state index >= 15 is 0 Å². The summed E-state index contributed by atoms with van der Waals surface area (Å²) in [6.07, 6.45) is 5.70. The third-order valence-corrected chi connectivity index (χ3v) is 4.95. The summed E-state index contributed by atoms with van der Waals surface area (Å²) < 4.78 is 4.53. The SMILES string of the molecule is Cc1ccc(C2=C[I-]C=c3ncnc(C)c3=C2)nc1. The average molecular weight is 362 g/mol. The van der Waals surface area contributed by atoms with Crippen LogP contribution in [0.5, 0.6) is 0 Å². The molecule has 0 aromatic carbocycles. The molecule has 0 amide bonds. The third kappa shape index (κ3) is 2.58. The Bertz CT molecular complexity index is 761. The number of rotatable bonds is 1. The van der Waals surface area contributed by atoms with Gasteiger partial charge in [0, 0.05) is 0 Å². The van der Waals surface area contributed by atoms with Gasteiger partial charge in [-0.05, 0) is 0 Å². The van der Waals surface area contributed by atoms with Crippen molar-refractivity contribution in [3.63, 3.8) is 0 Å². The molecule has 96 valence electrons. The Hall–Kier alpha value is -1.56. The van der Waals surface area contributed by atoms with Crippen molar-refractivity contribution in [2.45, 2.75) is 13.8 Å². The first-order chi connectivity index (χ1) is 9.24. The minimum atomic E-state index is -0.137. The molecule has 0 bridgehead atoms. The van der Waals surface area contributed by atoms with Gasteiger partial charge in [-0.15, -0.1) is 0 Å². The molecule has 0 fully saturated rings. The van der Waals surface area contributed by atoms with Gasteiger partial charge in [0.1, 0.15) is 0 Å². The average Bonchev–Trinajstić information content (AvgIpc) is 2.63. The Morgan fingerprint density at radius 3 is 2.68 bits per heavy atom. The van der Waals surface area contributed by atoms with E-state index in [1.807, 2.05) is 13.1 Å². The van der Waals surface area contributed by atoms with Crippen LogP contribution in [0.25, 0.3) is 15.7 Å². The Labute approximate surface area is 122 Å². The molecule has 0 N–H and O–H groups in total. The second kappa shape index (κ2) is 5.21. The third-order valence-electron chi connectivity index (χ3n) is 2.97. The molecule has 0 radical (unpaired) electrons. The molecule has 0 saturated carbocycles. The van der Waals surface area contributed by atoms with E-state index in [1.165, 1.54) is 11.1 Å². The maximum absolute atomic E-state index is 4.51. The molecule has 0 atom stereocenters. The van der Waals surface area contributed by atoms with Crippen molar-refractivity contribution in [3.05, 3.63) is 56.3 Å². The quantitative estimate of drug-likeness (QED) is 0.560. The second-order valence-corrected chi connectivity index (χ2v) is 6.39. The van der Waals surface area contributed by atoms with E-state index in [9.17, 15) is 0 Å². The molecule has 4 heteroatoms. The van der Waals surface area contributed by atoms with E-state index in [-0.39, 0.29) is 21.2 Å². The summed E-state index contributed by atoms with van der Waals surface area (Å²) in [6.45, 7) is 4.07. The number of aromatic nitrogens is 3. The molecule has 3 rings (SSSR count). The summed E-state index contributed by atoms with van der Waals surface area (Å²) in [5.41, 5.74) is 4.40. The van der Waals surface area contributed by atoms with Gasteiger partial charge in [0.15, 0.2) is 0 Å². The van der Waals surface area contributed by atoms with Crippen LogP contribution in [-0.2, 0) is 0 Å². The van der Waals surface area contributed by atoms with Crippen molar-refractivity contribution in [3.8, 4) is 0 Å². The Morgan fingerprint density at radius 1 is 1.00 bits per heavy atom. The van der Waals surface area contributed by atoms with Crippen LogP contribution >= 0.6 is 0 Å². The number of aryl methyl sites for hydroxylation is 2. The summed E-state index contributed by atoms with van der Waals surface area (Å²) in [4.78, 5) is 13.1. The second-order valence-electron chi connectivity index (χ2n) is 4.42. The fourth-order valence-corrected chi connectivity index (χ4v) is 3.78. The van der Waals surface area contributed by atoms with E-state index in [0.717, 1.165) is 22.0 Å². The van der Waals surface area contributed by atoms with Gasteiger partial charge in [-0.1, -0.05) is 0 Å². The van der Waals surface area contributed by atoms with E-state index in [4.69, 9.17) is 0 Å². The van der Waals surface area contributed by atoms with Crippen LogP contribution in [0.15, 0.2) is 28.7 Å². The number of fused-ring (bicyclic) bond motifs is 1. The van der Waals surface area contributed by atoms with Gasteiger partial charge >= 0.3 is 122 Å². The minimum absolute atomic E-state index is 0.137. The van der Waals surface area contributed by atoms with Crippen molar-refractivity contribution in [2.75, 3.05) is 0 Å². The van der Waals surface area contributed by atoms with Crippen LogP contribution in [-0.4, -0.2) is 15.0 Å². The normalized spacial score (nSPS) is 14.1. The summed E-state index contributed by atoms with van der Waals surface area (Å²) in [5.74, 6) is 0. The molecule has 1 aliphatic rings. The fourth-order valence-electron chi connectivity index (χ4n) is 1.88. The number of halogens is 1. The van der Waals surface area contributed by atoms with Crippen molar-refractivity contribution >= 4 is 15.7 Å². The van der Waals surface area contributed by atoms with E-state index < -0.39 is 0 Å². The molecule has 0 spiro atoms. The molecule has 2 aromatic rings. The maximum atomic E-state index is 4.51. The van der Waals surface area contributed by atoms with Gasteiger partial charge in [0.05, 0.1) is 0 Å². The fraction of sp³-hybridized carbons (Fsp3) is 0.133. The van der Waals surface area contributed by atoms with E-state index in [0.29, 0.717) is 0 Å². The molecule has 0 saturated heterocycles. The van der Waals surface area contributed by atoms with Gasteiger partial charge in [-0.3, -0.25) is 0 Å². The standard InChI is InChI=1S/C15H13IN3/c1-10-3-4-14(17-8-10)12-5-13-11(2)18-9-19-15(13)7-16-6-12/h3-9H,1-2H3/q-1. The van der Waals surface area contributed by atoms with Crippen LogP contribution in [0, 0.1) is 13.8 Å². The first-order valence-electron chi connectivity index (χ1n) is 5.99. The predicted octanol–water partition coefficient (Wildman–Crippen LogP) is -1.85. The molecular formula is C15H13IN3-. The zero-order chi connectivity index (χ0) is 13.2. The molecule has 19 heavy (non-hydrogen) atoms. The van der Waals surface area contributed by atoms with Gasteiger partial charge in [0.25, 0.3) is 0 Å². The van der Waals surface area contributed by atoms with Crippen LogP contribution in [0.2, 0.25) is 0 Å². The molecule has 2 aromatic heterocycles. The number of hydrogen-bond donors (Lipinski definition) is 0. The van der Waals surface area contributed by atoms with Crippen LogP contribution in [0.4, 0.5) is 0 Å². The van der Waals surface area contributed by atoms with Gasteiger partial charge in [-0.25, -0.2) is 0 Å². The molecule has 0 aliphatic carbocycles. The summed E-state index contributed by atoms with van der Waals surface area (Å²) >= 11 is -0.137. The number of allylic oxidation sites excluding steroid dienone is 1. The Kier molecular flexibility index (Phi) is 3.42. The summed E-state index contributed by atoms with van der Waals surface area (Å²) in [6, 6.07) is 4.17. The molecule has 3 nitrogen and oxygen atoms in total. The molecule has 3 heterocycles. The number of nitrogens with zero attached hydrogens (tertiary/aromatic N) is 3. The van der Waals surface area contributed by atoms with Crippen LogP contribution < -0.4 is 31.8 Å². The van der Waals surface area contributed by atoms with Crippen molar-refractivity contribution in [1.82, 2.24) is 15.0 Å². The van der Waals surface area contributed by atoms with Gasteiger partial charge < -0.3 is 0 Å². The Balaban J connectivity index is 2.17. The molecule has 0 unspecified atom stereocenters. The van der Waals surface area contributed by atoms with Gasteiger partial charge in [-0.2, -0.15) is 0 Å². The molecule has 1 aliphatic heterocycles. The zero-order valence-corrected chi connectivity index (χ0v) is 12.9. The number of pyridine rings is 1. The predicted molar refractivity (Wildman–Crippen MR) is 71.9 cm³/mol. The van der Waals surface area contributed by atoms with Crippen molar-refractivity contribution < 1.29 is 21.2 Å². The van der Waals surface area contributed by atoms with E-state index in [1.54, 1.807) is 6.33 Å². The first-order valence-corrected chi connectivity index (χ1v) is 8.48. The zero-order valence-electron chi connectivity index (χ0n) is 10.8. The van der Waals surface area contributed by atoms with Crippen molar-refractivity contribution in [1.29, 1.82) is 0 Å². The summed E-state index contributed by atoms with van der Waals surface area (Å²) in [7, 11) is 0. The van der Waals surface area contributed by atoms with Gasteiger partial charge in [0.2, 0.25) is 0 Å². The topological polar surface area (TPSA) is 38.7 Å². The monoisotopic (exact) mass is 362 g/mol. The first kappa shape index (κ1) is 12.5. The summed E-state index contributed by atoms with van der Waals surface area (Å²) in [5, 5.41) is 2.17. The molecular weight excluding hydrogens is 349 g/mol. The van der Waals surface area contributed by atoms with Crippen LogP contribution in [0.1, 0.15) is 17.0 Å². The number of hydrogen-bond acceptors (Lipinski definition) is 3. The Morgan fingerprint density at radius 2 is 1.89 bits per heavy atom. The van der Waals surface area contributed by atoms with E-state index in [2.05, 4.69) is 48.2 Å². The van der Waals surface area contributed by atoms with Crippen molar-refractivity contribution in [2.24, 2.45) is 0 Å².